The highest BCUT2D eigenvalue weighted by molar-refractivity contribution is 5.88. The zero-order valence-corrected chi connectivity index (χ0v) is 20.6. The van der Waals surface area contributed by atoms with Crippen LogP contribution < -0.4 is 5.32 Å². The zero-order chi connectivity index (χ0) is 24.3. The number of hydrogen-bond donors (Lipinski definition) is 1. The number of hydrogen-bond acceptors (Lipinski definition) is 2. The number of benzene rings is 3. The van der Waals surface area contributed by atoms with E-state index in [0.717, 1.165) is 40.7 Å². The number of unbranched alkanes of at least 4 members (excludes halogenated alkanes) is 1. The van der Waals surface area contributed by atoms with Crippen LogP contribution in [0.5, 0.6) is 0 Å². The average molecular weight is 457 g/mol. The molecule has 0 bridgehead atoms. The monoisotopic (exact) mass is 456 g/mol. The van der Waals surface area contributed by atoms with Crippen LogP contribution in [0.3, 0.4) is 0 Å². The van der Waals surface area contributed by atoms with Gasteiger partial charge in [-0.05, 0) is 42.5 Å². The SMILES string of the molecule is CCCCNC(=O)[C@@H](Cc1ccccc1)N(Cc1ccccc1C)C(=O)Cc1ccc(C)cc1. The van der Waals surface area contributed by atoms with Crippen molar-refractivity contribution in [2.45, 2.75) is 59.0 Å². The van der Waals surface area contributed by atoms with Gasteiger partial charge in [0.1, 0.15) is 6.04 Å². The number of carbonyl (C=O) groups is 2. The highest BCUT2D eigenvalue weighted by Crippen LogP contribution is 2.18. The summed E-state index contributed by atoms with van der Waals surface area (Å²) in [6.07, 6.45) is 2.66. The molecule has 1 atom stereocenters. The molecule has 0 aliphatic rings. The predicted molar refractivity (Wildman–Crippen MR) is 138 cm³/mol. The maximum Gasteiger partial charge on any atom is 0.243 e. The number of amides is 2. The van der Waals surface area contributed by atoms with Gasteiger partial charge in [0.15, 0.2) is 0 Å². The minimum atomic E-state index is -0.586. The number of rotatable bonds is 11. The van der Waals surface area contributed by atoms with Crippen molar-refractivity contribution in [3.8, 4) is 0 Å². The van der Waals surface area contributed by atoms with Crippen LogP contribution in [0.25, 0.3) is 0 Å². The number of nitrogens with zero attached hydrogens (tertiary/aromatic N) is 1. The van der Waals surface area contributed by atoms with Crippen LogP contribution in [0.2, 0.25) is 0 Å². The van der Waals surface area contributed by atoms with Crippen LogP contribution in [-0.2, 0) is 29.0 Å². The Balaban J connectivity index is 1.94. The third kappa shape index (κ3) is 7.31. The standard InChI is InChI=1S/C30H36N2O2/c1-4-5-19-31-30(34)28(20-25-12-7-6-8-13-25)32(22-27-14-10-9-11-24(27)3)29(33)21-26-17-15-23(2)16-18-26/h6-18,28H,4-5,19-22H2,1-3H3,(H,31,34)/t28-/m1/s1. The molecular weight excluding hydrogens is 420 g/mol. The van der Waals surface area contributed by atoms with Gasteiger partial charge in [0, 0.05) is 19.5 Å². The summed E-state index contributed by atoms with van der Waals surface area (Å²) in [4.78, 5) is 28.9. The van der Waals surface area contributed by atoms with Gasteiger partial charge in [-0.15, -0.1) is 0 Å². The summed E-state index contributed by atoms with van der Waals surface area (Å²) in [7, 11) is 0. The zero-order valence-electron chi connectivity index (χ0n) is 20.6. The molecule has 0 unspecified atom stereocenters. The lowest BCUT2D eigenvalue weighted by Crippen LogP contribution is -2.51. The lowest BCUT2D eigenvalue weighted by molar-refractivity contribution is -0.140. The quantitative estimate of drug-likeness (QED) is 0.393. The maximum absolute atomic E-state index is 13.7. The number of aryl methyl sites for hydroxylation is 2. The fraction of sp³-hybridized carbons (Fsp3) is 0.333. The van der Waals surface area contributed by atoms with Crippen LogP contribution in [-0.4, -0.2) is 29.3 Å². The van der Waals surface area contributed by atoms with Crippen molar-refractivity contribution in [3.05, 3.63) is 107 Å². The summed E-state index contributed by atoms with van der Waals surface area (Å²) in [6, 6.07) is 25.5. The Labute approximate surface area is 204 Å². The molecular formula is C30H36N2O2. The predicted octanol–water partition coefficient (Wildman–Crippen LogP) is 5.40. The first-order valence-corrected chi connectivity index (χ1v) is 12.2. The maximum atomic E-state index is 13.7. The van der Waals surface area contributed by atoms with Gasteiger partial charge in [0.2, 0.25) is 11.8 Å². The van der Waals surface area contributed by atoms with E-state index in [9.17, 15) is 9.59 Å². The fourth-order valence-electron chi connectivity index (χ4n) is 4.01. The first kappa shape index (κ1) is 25.2. The summed E-state index contributed by atoms with van der Waals surface area (Å²) in [5, 5.41) is 3.08. The van der Waals surface area contributed by atoms with Crippen molar-refractivity contribution in [2.24, 2.45) is 0 Å². The van der Waals surface area contributed by atoms with Gasteiger partial charge in [0.25, 0.3) is 0 Å². The third-order valence-electron chi connectivity index (χ3n) is 6.18. The summed E-state index contributed by atoms with van der Waals surface area (Å²) in [5.74, 6) is -0.137. The first-order valence-electron chi connectivity index (χ1n) is 12.2. The third-order valence-corrected chi connectivity index (χ3v) is 6.18. The van der Waals surface area contributed by atoms with Crippen molar-refractivity contribution in [3.63, 3.8) is 0 Å². The largest absolute Gasteiger partial charge is 0.354 e. The van der Waals surface area contributed by atoms with E-state index in [1.807, 2.05) is 92.7 Å². The van der Waals surface area contributed by atoms with Crippen LogP contribution in [0, 0.1) is 13.8 Å². The molecule has 0 spiro atoms. The van der Waals surface area contributed by atoms with Gasteiger partial charge in [-0.25, -0.2) is 0 Å². The van der Waals surface area contributed by atoms with E-state index in [-0.39, 0.29) is 18.2 Å². The van der Waals surface area contributed by atoms with E-state index in [1.165, 1.54) is 0 Å². The molecule has 0 aromatic heterocycles. The van der Waals surface area contributed by atoms with Gasteiger partial charge in [-0.3, -0.25) is 9.59 Å². The highest BCUT2D eigenvalue weighted by Gasteiger charge is 2.30. The van der Waals surface area contributed by atoms with Crippen LogP contribution >= 0.6 is 0 Å². The molecule has 0 aliphatic carbocycles. The van der Waals surface area contributed by atoms with E-state index in [0.29, 0.717) is 19.5 Å². The number of nitrogens with one attached hydrogen (secondary N) is 1. The normalized spacial score (nSPS) is 11.6. The smallest absolute Gasteiger partial charge is 0.243 e. The van der Waals surface area contributed by atoms with Gasteiger partial charge in [-0.2, -0.15) is 0 Å². The minimum absolute atomic E-state index is 0.0429. The molecule has 0 saturated carbocycles. The molecule has 4 nitrogen and oxygen atoms in total. The van der Waals surface area contributed by atoms with E-state index >= 15 is 0 Å². The highest BCUT2D eigenvalue weighted by atomic mass is 16.2. The Morgan fingerprint density at radius 3 is 2.21 bits per heavy atom. The lowest BCUT2D eigenvalue weighted by atomic mass is 10.00. The van der Waals surface area contributed by atoms with Gasteiger partial charge in [-0.1, -0.05) is 97.8 Å². The second-order valence-electron chi connectivity index (χ2n) is 8.96. The molecule has 0 heterocycles. The van der Waals surface area contributed by atoms with Crippen molar-refractivity contribution in [1.29, 1.82) is 0 Å². The molecule has 2 amide bonds. The molecule has 0 saturated heterocycles. The van der Waals surface area contributed by atoms with E-state index in [1.54, 1.807) is 4.90 Å². The molecule has 3 rings (SSSR count). The molecule has 0 radical (unpaired) electrons. The topological polar surface area (TPSA) is 49.4 Å². The van der Waals surface area contributed by atoms with Gasteiger partial charge < -0.3 is 10.2 Å². The first-order chi connectivity index (χ1) is 16.5. The van der Waals surface area contributed by atoms with Crippen molar-refractivity contribution >= 4 is 11.8 Å². The Morgan fingerprint density at radius 1 is 0.853 bits per heavy atom. The molecule has 4 heteroatoms. The fourth-order valence-corrected chi connectivity index (χ4v) is 4.01. The average Bonchev–Trinajstić information content (AvgIpc) is 2.84. The van der Waals surface area contributed by atoms with Crippen LogP contribution in [0.4, 0.5) is 0 Å². The molecule has 34 heavy (non-hydrogen) atoms. The molecule has 1 N–H and O–H groups in total. The minimum Gasteiger partial charge on any atom is -0.354 e. The Kier molecular flexibility index (Phi) is 9.45. The summed E-state index contributed by atoms with van der Waals surface area (Å²) in [5.41, 5.74) is 5.32. The molecule has 0 aliphatic heterocycles. The van der Waals surface area contributed by atoms with E-state index in [2.05, 4.69) is 12.2 Å². The summed E-state index contributed by atoms with van der Waals surface area (Å²) < 4.78 is 0. The van der Waals surface area contributed by atoms with Crippen LogP contribution in [0.1, 0.15) is 47.6 Å². The van der Waals surface area contributed by atoms with Crippen LogP contribution in [0.15, 0.2) is 78.9 Å². The van der Waals surface area contributed by atoms with E-state index < -0.39 is 6.04 Å². The Hall–Kier alpha value is -3.40. The number of carbonyl (C=O) groups excluding carboxylic acids is 2. The molecule has 3 aromatic carbocycles. The molecule has 178 valence electrons. The summed E-state index contributed by atoms with van der Waals surface area (Å²) in [6.45, 7) is 7.20. The van der Waals surface area contributed by atoms with Gasteiger partial charge >= 0.3 is 0 Å². The van der Waals surface area contributed by atoms with Crippen molar-refractivity contribution in [2.75, 3.05) is 6.54 Å². The molecule has 0 fully saturated rings. The molecule has 3 aromatic rings. The van der Waals surface area contributed by atoms with Crippen molar-refractivity contribution in [1.82, 2.24) is 10.2 Å². The second kappa shape index (κ2) is 12.7. The van der Waals surface area contributed by atoms with Gasteiger partial charge in [0.05, 0.1) is 6.42 Å². The Morgan fingerprint density at radius 2 is 1.53 bits per heavy atom. The summed E-state index contributed by atoms with van der Waals surface area (Å²) >= 11 is 0. The Bertz CT molecular complexity index is 1060. The lowest BCUT2D eigenvalue weighted by Gasteiger charge is -2.32. The second-order valence-corrected chi connectivity index (χ2v) is 8.96. The van der Waals surface area contributed by atoms with Crippen molar-refractivity contribution < 1.29 is 9.59 Å². The van der Waals surface area contributed by atoms with E-state index in [4.69, 9.17) is 0 Å².